The summed E-state index contributed by atoms with van der Waals surface area (Å²) in [5.74, 6) is 0.259. The topological polar surface area (TPSA) is 79.9 Å². The number of nitrogens with zero attached hydrogens (tertiary/aromatic N) is 2. The molecule has 2 aromatic heterocycles. The number of phenolic OH excluding ortho intramolecular Hbond substituents is 1. The van der Waals surface area contributed by atoms with Crippen molar-refractivity contribution in [2.24, 2.45) is 7.05 Å². The molecule has 86 valence electrons. The van der Waals surface area contributed by atoms with E-state index in [-0.39, 0.29) is 5.75 Å². The Morgan fingerprint density at radius 1 is 1.41 bits per heavy atom. The minimum Gasteiger partial charge on any atom is -0.506 e. The number of nitrogens with two attached hydrogens (primary N) is 1. The zero-order chi connectivity index (χ0) is 12.0. The van der Waals surface area contributed by atoms with Crippen molar-refractivity contribution in [2.45, 2.75) is 0 Å². The number of anilines is 1. The molecule has 5 nitrogen and oxygen atoms in total. The maximum atomic E-state index is 9.85. The molecule has 0 saturated heterocycles. The van der Waals surface area contributed by atoms with E-state index >= 15 is 0 Å². The molecule has 0 radical (unpaired) electrons. The monoisotopic (exact) mass is 228 g/mol. The van der Waals surface area contributed by atoms with E-state index in [1.165, 1.54) is 0 Å². The molecule has 0 aliphatic carbocycles. The van der Waals surface area contributed by atoms with Crippen LogP contribution in [0.3, 0.4) is 0 Å². The largest absolute Gasteiger partial charge is 0.506 e. The second-order valence-corrected chi connectivity index (χ2v) is 4.00. The molecule has 0 bridgehead atoms. The van der Waals surface area contributed by atoms with Gasteiger partial charge in [0.05, 0.1) is 23.1 Å². The number of hydrogen-bond donors (Lipinski definition) is 3. The summed E-state index contributed by atoms with van der Waals surface area (Å²) in [5.41, 5.74) is 8.88. The lowest BCUT2D eigenvalue weighted by Gasteiger charge is -2.03. The van der Waals surface area contributed by atoms with Gasteiger partial charge in [-0.25, -0.2) is 0 Å². The van der Waals surface area contributed by atoms with Gasteiger partial charge < -0.3 is 15.4 Å². The van der Waals surface area contributed by atoms with Crippen molar-refractivity contribution < 1.29 is 5.11 Å². The second-order valence-electron chi connectivity index (χ2n) is 4.00. The highest BCUT2D eigenvalue weighted by atomic mass is 16.3. The van der Waals surface area contributed by atoms with Crippen LogP contribution in [0.5, 0.6) is 5.75 Å². The summed E-state index contributed by atoms with van der Waals surface area (Å²) < 4.78 is 1.90. The lowest BCUT2D eigenvalue weighted by molar-refractivity contribution is 0.479. The molecule has 3 rings (SSSR count). The van der Waals surface area contributed by atoms with Crippen molar-refractivity contribution in [3.05, 3.63) is 30.5 Å². The smallest absolute Gasteiger partial charge is 0.139 e. The highest BCUT2D eigenvalue weighted by molar-refractivity contribution is 5.91. The quantitative estimate of drug-likeness (QED) is 0.594. The molecule has 4 N–H and O–H groups in total. The Balaban J connectivity index is 2.36. The first kappa shape index (κ1) is 9.77. The van der Waals surface area contributed by atoms with E-state index in [0.29, 0.717) is 5.69 Å². The van der Waals surface area contributed by atoms with Crippen molar-refractivity contribution in [1.29, 1.82) is 0 Å². The van der Waals surface area contributed by atoms with Crippen LogP contribution < -0.4 is 5.73 Å². The molecule has 0 aliphatic rings. The molecular weight excluding hydrogens is 216 g/mol. The maximum absolute atomic E-state index is 9.85. The first-order valence-electron chi connectivity index (χ1n) is 5.25. The van der Waals surface area contributed by atoms with Gasteiger partial charge in [-0.3, -0.25) is 5.10 Å². The van der Waals surface area contributed by atoms with Crippen LogP contribution in [-0.4, -0.2) is 19.9 Å². The Morgan fingerprint density at radius 2 is 2.24 bits per heavy atom. The molecule has 3 aromatic rings. The first-order valence-corrected chi connectivity index (χ1v) is 5.25. The Labute approximate surface area is 97.5 Å². The Hall–Kier alpha value is -2.43. The normalized spacial score (nSPS) is 11.1. The fourth-order valence-electron chi connectivity index (χ4n) is 2.14. The van der Waals surface area contributed by atoms with E-state index < -0.39 is 0 Å². The van der Waals surface area contributed by atoms with Crippen molar-refractivity contribution in [3.63, 3.8) is 0 Å². The molecular formula is C12H12N4O. The van der Waals surface area contributed by atoms with Gasteiger partial charge in [-0.1, -0.05) is 12.1 Å². The summed E-state index contributed by atoms with van der Waals surface area (Å²) in [6, 6.07) is 7.41. The van der Waals surface area contributed by atoms with Crippen LogP contribution in [0.4, 0.5) is 5.69 Å². The fraction of sp³-hybridized carbons (Fsp3) is 0.0833. The number of aryl methyl sites for hydroxylation is 1. The van der Waals surface area contributed by atoms with E-state index in [1.807, 2.05) is 29.8 Å². The van der Waals surface area contributed by atoms with Gasteiger partial charge in [-0.2, -0.15) is 5.10 Å². The van der Waals surface area contributed by atoms with Crippen molar-refractivity contribution in [1.82, 2.24) is 14.8 Å². The van der Waals surface area contributed by atoms with Gasteiger partial charge in [0.1, 0.15) is 11.4 Å². The van der Waals surface area contributed by atoms with Gasteiger partial charge >= 0.3 is 0 Å². The van der Waals surface area contributed by atoms with E-state index in [4.69, 9.17) is 5.73 Å². The number of fused-ring (bicyclic) bond motifs is 1. The molecule has 0 fully saturated rings. The number of hydrogen-bond acceptors (Lipinski definition) is 3. The minimum atomic E-state index is 0.259. The molecule has 0 saturated carbocycles. The Morgan fingerprint density at radius 3 is 2.88 bits per heavy atom. The Bertz CT molecular complexity index is 696. The summed E-state index contributed by atoms with van der Waals surface area (Å²) in [6.07, 6.45) is 1.58. The molecule has 0 unspecified atom stereocenters. The highest BCUT2D eigenvalue weighted by Crippen LogP contribution is 2.33. The third kappa shape index (κ3) is 1.29. The zero-order valence-corrected chi connectivity index (χ0v) is 9.31. The predicted octanol–water partition coefficient (Wildman–Crippen LogP) is 1.86. The molecule has 0 amide bonds. The lowest BCUT2D eigenvalue weighted by Crippen LogP contribution is -1.94. The van der Waals surface area contributed by atoms with Crippen molar-refractivity contribution in [2.75, 3.05) is 5.73 Å². The minimum absolute atomic E-state index is 0.259. The van der Waals surface area contributed by atoms with Gasteiger partial charge in [0.2, 0.25) is 0 Å². The zero-order valence-electron chi connectivity index (χ0n) is 9.31. The summed E-state index contributed by atoms with van der Waals surface area (Å²) in [6.45, 7) is 0. The number of aromatic hydroxyl groups is 1. The second kappa shape index (κ2) is 3.28. The van der Waals surface area contributed by atoms with E-state index in [0.717, 1.165) is 22.3 Å². The third-order valence-electron chi connectivity index (χ3n) is 2.96. The Kier molecular flexibility index (Phi) is 1.89. The van der Waals surface area contributed by atoms with Crippen LogP contribution in [0.15, 0.2) is 30.5 Å². The number of aromatic nitrogens is 3. The highest BCUT2D eigenvalue weighted by Gasteiger charge is 2.13. The molecule has 0 spiro atoms. The summed E-state index contributed by atoms with van der Waals surface area (Å²) >= 11 is 0. The van der Waals surface area contributed by atoms with Crippen LogP contribution >= 0.6 is 0 Å². The van der Waals surface area contributed by atoms with Gasteiger partial charge in [-0.15, -0.1) is 0 Å². The van der Waals surface area contributed by atoms with Gasteiger partial charge in [0.15, 0.2) is 0 Å². The molecule has 5 heteroatoms. The maximum Gasteiger partial charge on any atom is 0.139 e. The van der Waals surface area contributed by atoms with Crippen LogP contribution in [-0.2, 0) is 7.05 Å². The van der Waals surface area contributed by atoms with Gasteiger partial charge in [-0.05, 0) is 12.1 Å². The number of para-hydroxylation sites is 1. The number of H-pyrrole nitrogens is 1. The van der Waals surface area contributed by atoms with Gasteiger partial charge in [0.25, 0.3) is 0 Å². The van der Waals surface area contributed by atoms with Crippen molar-refractivity contribution >= 4 is 16.6 Å². The molecule has 1 aromatic carbocycles. The first-order chi connectivity index (χ1) is 8.18. The average molecular weight is 228 g/mol. The number of nitrogens with one attached hydrogen (secondary N) is 1. The number of aromatic amines is 1. The number of nitrogen functional groups attached to an aromatic ring is 1. The van der Waals surface area contributed by atoms with E-state index in [1.54, 1.807) is 12.3 Å². The lowest BCUT2D eigenvalue weighted by atomic mass is 10.2. The summed E-state index contributed by atoms with van der Waals surface area (Å²) in [4.78, 5) is 0. The van der Waals surface area contributed by atoms with Gasteiger partial charge in [0, 0.05) is 12.4 Å². The van der Waals surface area contributed by atoms with Crippen LogP contribution in [0.25, 0.3) is 22.3 Å². The summed E-state index contributed by atoms with van der Waals surface area (Å²) in [5, 5.41) is 17.6. The fourth-order valence-corrected chi connectivity index (χ4v) is 2.14. The predicted molar refractivity (Wildman–Crippen MR) is 66.6 cm³/mol. The van der Waals surface area contributed by atoms with Crippen LogP contribution in [0, 0.1) is 0 Å². The average Bonchev–Trinajstić information content (AvgIpc) is 2.84. The molecule has 2 heterocycles. The molecule has 0 atom stereocenters. The van der Waals surface area contributed by atoms with Crippen LogP contribution in [0.1, 0.15) is 0 Å². The molecule has 0 aliphatic heterocycles. The molecule has 17 heavy (non-hydrogen) atoms. The number of phenols is 1. The standard InChI is InChI=1S/C12H12N4O/c1-16-9(11-8(13)6-14-15-11)5-7-3-2-4-10(17)12(7)16/h2-6,17H,13H2,1H3,(H,14,15). The number of benzene rings is 1. The summed E-state index contributed by atoms with van der Waals surface area (Å²) in [7, 11) is 1.89. The van der Waals surface area contributed by atoms with E-state index in [2.05, 4.69) is 10.2 Å². The third-order valence-corrected chi connectivity index (χ3v) is 2.96. The SMILES string of the molecule is Cn1c(-c2[nH]ncc2N)cc2cccc(O)c21. The van der Waals surface area contributed by atoms with Crippen LogP contribution in [0.2, 0.25) is 0 Å². The van der Waals surface area contributed by atoms with E-state index in [9.17, 15) is 5.11 Å². The number of rotatable bonds is 1. The van der Waals surface area contributed by atoms with Crippen molar-refractivity contribution in [3.8, 4) is 17.1 Å².